The molecule has 0 fully saturated rings. The molecule has 2 heterocycles. The van der Waals surface area contributed by atoms with Gasteiger partial charge >= 0.3 is 0 Å². The summed E-state index contributed by atoms with van der Waals surface area (Å²) < 4.78 is 2.01. The summed E-state index contributed by atoms with van der Waals surface area (Å²) in [7, 11) is 0. The van der Waals surface area contributed by atoms with Gasteiger partial charge in [-0.05, 0) is 6.42 Å². The van der Waals surface area contributed by atoms with Crippen LogP contribution in [0.4, 0.5) is 5.82 Å². The van der Waals surface area contributed by atoms with Crippen molar-refractivity contribution in [2.75, 3.05) is 11.5 Å². The Morgan fingerprint density at radius 3 is 3.12 bits per heavy atom. The van der Waals surface area contributed by atoms with Crippen LogP contribution in [0.3, 0.4) is 0 Å². The molecule has 0 amide bonds. The lowest BCUT2D eigenvalue weighted by atomic mass is 10.5. The molecule has 2 rings (SSSR count). The van der Waals surface area contributed by atoms with Crippen molar-refractivity contribution in [1.82, 2.24) is 19.5 Å². The standard InChI is InChI=1S/C10H13N5OS/c11-8-6-9(16)14-10(13-8)17-5-1-3-15-4-2-12-7-15/h2,4,6-7H,1,3,5H2,(H3,11,13,14,16). The minimum Gasteiger partial charge on any atom is -0.383 e. The van der Waals surface area contributed by atoms with Gasteiger partial charge in [-0.15, -0.1) is 0 Å². The molecule has 2 aromatic heterocycles. The summed E-state index contributed by atoms with van der Waals surface area (Å²) >= 11 is 1.49. The molecule has 6 nitrogen and oxygen atoms in total. The van der Waals surface area contributed by atoms with Gasteiger partial charge in [-0.2, -0.15) is 0 Å². The Bertz CT molecular complexity index is 522. The molecule has 0 saturated carbocycles. The predicted molar refractivity (Wildman–Crippen MR) is 66.8 cm³/mol. The van der Waals surface area contributed by atoms with E-state index < -0.39 is 0 Å². The van der Waals surface area contributed by atoms with E-state index in [9.17, 15) is 4.79 Å². The Hall–Kier alpha value is -1.76. The van der Waals surface area contributed by atoms with Gasteiger partial charge in [0.15, 0.2) is 5.16 Å². The number of aromatic nitrogens is 4. The van der Waals surface area contributed by atoms with Crippen molar-refractivity contribution >= 4 is 17.6 Å². The third-order valence-electron chi connectivity index (χ3n) is 2.10. The number of nitrogen functional groups attached to an aromatic ring is 1. The van der Waals surface area contributed by atoms with Crippen molar-refractivity contribution < 1.29 is 0 Å². The fourth-order valence-corrected chi connectivity index (χ4v) is 2.17. The lowest BCUT2D eigenvalue weighted by Crippen LogP contribution is -2.09. The van der Waals surface area contributed by atoms with Crippen LogP contribution < -0.4 is 11.3 Å². The van der Waals surface area contributed by atoms with Crippen molar-refractivity contribution in [3.63, 3.8) is 0 Å². The maximum absolute atomic E-state index is 11.1. The first-order valence-electron chi connectivity index (χ1n) is 5.19. The minimum atomic E-state index is -0.213. The maximum Gasteiger partial charge on any atom is 0.253 e. The van der Waals surface area contributed by atoms with Gasteiger partial charge in [0.05, 0.1) is 6.33 Å². The molecule has 2 aromatic rings. The van der Waals surface area contributed by atoms with Crippen molar-refractivity contribution in [2.24, 2.45) is 0 Å². The molecule has 0 aromatic carbocycles. The topological polar surface area (TPSA) is 89.6 Å². The normalized spacial score (nSPS) is 10.6. The van der Waals surface area contributed by atoms with Gasteiger partial charge in [-0.1, -0.05) is 11.8 Å². The summed E-state index contributed by atoms with van der Waals surface area (Å²) in [4.78, 5) is 21.8. The Morgan fingerprint density at radius 1 is 1.53 bits per heavy atom. The van der Waals surface area contributed by atoms with Crippen molar-refractivity contribution in [3.05, 3.63) is 35.1 Å². The van der Waals surface area contributed by atoms with Crippen LogP contribution in [-0.2, 0) is 6.54 Å². The number of H-pyrrole nitrogens is 1. The molecule has 90 valence electrons. The molecule has 0 saturated heterocycles. The van der Waals surface area contributed by atoms with Gasteiger partial charge in [0.1, 0.15) is 5.82 Å². The number of hydrogen-bond acceptors (Lipinski definition) is 5. The van der Waals surface area contributed by atoms with E-state index in [1.807, 2.05) is 10.8 Å². The van der Waals surface area contributed by atoms with Gasteiger partial charge in [0.2, 0.25) is 0 Å². The van der Waals surface area contributed by atoms with Crippen LogP contribution in [0.15, 0.2) is 34.7 Å². The van der Waals surface area contributed by atoms with E-state index in [-0.39, 0.29) is 11.4 Å². The highest BCUT2D eigenvalue weighted by Gasteiger charge is 1.99. The zero-order chi connectivity index (χ0) is 12.1. The number of aromatic amines is 1. The van der Waals surface area contributed by atoms with Crippen LogP contribution in [0.25, 0.3) is 0 Å². The van der Waals surface area contributed by atoms with E-state index in [1.54, 1.807) is 12.5 Å². The number of nitrogens with one attached hydrogen (secondary N) is 1. The quantitative estimate of drug-likeness (QED) is 0.464. The second kappa shape index (κ2) is 5.53. The highest BCUT2D eigenvalue weighted by molar-refractivity contribution is 7.99. The van der Waals surface area contributed by atoms with Gasteiger partial charge in [0, 0.05) is 30.8 Å². The van der Waals surface area contributed by atoms with Gasteiger partial charge in [-0.3, -0.25) is 4.79 Å². The third-order valence-corrected chi connectivity index (χ3v) is 3.06. The first-order valence-corrected chi connectivity index (χ1v) is 6.18. The minimum absolute atomic E-state index is 0.213. The number of rotatable bonds is 5. The second-order valence-corrected chi connectivity index (χ2v) is 4.56. The van der Waals surface area contributed by atoms with Crippen LogP contribution in [0.2, 0.25) is 0 Å². The molecule has 0 bridgehead atoms. The van der Waals surface area contributed by atoms with E-state index >= 15 is 0 Å². The van der Waals surface area contributed by atoms with E-state index in [4.69, 9.17) is 5.73 Å². The molecule has 17 heavy (non-hydrogen) atoms. The summed E-state index contributed by atoms with van der Waals surface area (Å²) in [5.41, 5.74) is 5.27. The molecule has 3 N–H and O–H groups in total. The van der Waals surface area contributed by atoms with Crippen molar-refractivity contribution in [1.29, 1.82) is 0 Å². The summed E-state index contributed by atoms with van der Waals surface area (Å²) in [6.07, 6.45) is 6.43. The average Bonchev–Trinajstić information content (AvgIpc) is 2.76. The van der Waals surface area contributed by atoms with Gasteiger partial charge in [-0.25, -0.2) is 9.97 Å². The number of nitrogens with two attached hydrogens (primary N) is 1. The number of imidazole rings is 1. The Morgan fingerprint density at radius 2 is 2.41 bits per heavy atom. The fraction of sp³-hybridized carbons (Fsp3) is 0.300. The molecule has 0 atom stereocenters. The molecular formula is C10H13N5OS. The largest absolute Gasteiger partial charge is 0.383 e. The molecule has 0 aliphatic heterocycles. The van der Waals surface area contributed by atoms with Crippen LogP contribution >= 0.6 is 11.8 Å². The molecule has 0 unspecified atom stereocenters. The number of anilines is 1. The highest BCUT2D eigenvalue weighted by Crippen LogP contribution is 2.13. The Kier molecular flexibility index (Phi) is 3.81. The average molecular weight is 251 g/mol. The van der Waals surface area contributed by atoms with E-state index in [1.165, 1.54) is 17.8 Å². The zero-order valence-electron chi connectivity index (χ0n) is 9.17. The summed E-state index contributed by atoms with van der Waals surface area (Å²) in [5, 5.41) is 0.570. The third kappa shape index (κ3) is 3.63. The van der Waals surface area contributed by atoms with Crippen LogP contribution in [0, 0.1) is 0 Å². The van der Waals surface area contributed by atoms with E-state index in [0.29, 0.717) is 5.16 Å². The SMILES string of the molecule is Nc1cc(=O)[nH]c(SCCCn2ccnc2)n1. The zero-order valence-corrected chi connectivity index (χ0v) is 9.98. The number of thioether (sulfide) groups is 1. The summed E-state index contributed by atoms with van der Waals surface area (Å²) in [6.45, 7) is 0.902. The lowest BCUT2D eigenvalue weighted by molar-refractivity contribution is 0.683. The number of nitrogens with zero attached hydrogens (tertiary/aromatic N) is 3. The summed E-state index contributed by atoms with van der Waals surface area (Å²) in [5.74, 6) is 1.12. The number of aryl methyl sites for hydroxylation is 1. The first-order chi connectivity index (χ1) is 8.24. The second-order valence-electron chi connectivity index (χ2n) is 3.48. The van der Waals surface area contributed by atoms with Crippen molar-refractivity contribution in [2.45, 2.75) is 18.1 Å². The van der Waals surface area contributed by atoms with Crippen LogP contribution in [-0.4, -0.2) is 25.3 Å². The molecular weight excluding hydrogens is 238 g/mol. The molecule has 0 spiro atoms. The number of hydrogen-bond donors (Lipinski definition) is 2. The molecule has 0 aliphatic carbocycles. The summed E-state index contributed by atoms with van der Waals surface area (Å²) in [6, 6.07) is 1.27. The monoisotopic (exact) mass is 251 g/mol. The van der Waals surface area contributed by atoms with E-state index in [2.05, 4.69) is 15.0 Å². The van der Waals surface area contributed by atoms with E-state index in [0.717, 1.165) is 18.7 Å². The van der Waals surface area contributed by atoms with Crippen molar-refractivity contribution in [3.8, 4) is 0 Å². The Labute approximate surface area is 102 Å². The maximum atomic E-state index is 11.1. The fourth-order valence-electron chi connectivity index (χ4n) is 1.36. The highest BCUT2D eigenvalue weighted by atomic mass is 32.2. The smallest absolute Gasteiger partial charge is 0.253 e. The predicted octanol–water partition coefficient (Wildman–Crippen LogP) is 0.731. The lowest BCUT2D eigenvalue weighted by Gasteiger charge is -2.02. The van der Waals surface area contributed by atoms with Gasteiger partial charge < -0.3 is 15.3 Å². The van der Waals surface area contributed by atoms with Crippen LogP contribution in [0.1, 0.15) is 6.42 Å². The Balaban J connectivity index is 1.80. The molecule has 0 aliphatic rings. The first kappa shape index (κ1) is 11.7. The molecule has 0 radical (unpaired) electrons. The van der Waals surface area contributed by atoms with Crippen LogP contribution in [0.5, 0.6) is 0 Å². The molecule has 7 heteroatoms. The van der Waals surface area contributed by atoms with Gasteiger partial charge in [0.25, 0.3) is 5.56 Å².